The van der Waals surface area contributed by atoms with Crippen molar-refractivity contribution in [3.8, 4) is 23.0 Å². The van der Waals surface area contributed by atoms with Gasteiger partial charge in [-0.25, -0.2) is 4.79 Å². The zero-order chi connectivity index (χ0) is 21.4. The Morgan fingerprint density at radius 2 is 1.62 bits per heavy atom. The van der Waals surface area contributed by atoms with E-state index in [9.17, 15) is 4.79 Å². The van der Waals surface area contributed by atoms with Gasteiger partial charge in [0.05, 0.1) is 35.0 Å². The maximum Gasteiger partial charge on any atom is 0.330 e. The van der Waals surface area contributed by atoms with E-state index in [4.69, 9.17) is 23.7 Å². The highest BCUT2D eigenvalue weighted by molar-refractivity contribution is 5.90. The molecule has 0 aromatic heterocycles. The first-order chi connectivity index (χ1) is 14.0. The molecule has 0 aliphatic heterocycles. The lowest BCUT2D eigenvalue weighted by atomic mass is 9.94. The Hall–Kier alpha value is -3.41. The molecule has 0 bridgehead atoms. The van der Waals surface area contributed by atoms with Crippen LogP contribution in [0.4, 0.5) is 0 Å². The van der Waals surface area contributed by atoms with Gasteiger partial charge in [0.1, 0.15) is 5.75 Å². The SMILES string of the molecule is C=C(c1cc(OC)c(OC)c(OC)c1)c1ccc(OC)cc1/C=C/C(=O)OCC. The summed E-state index contributed by atoms with van der Waals surface area (Å²) in [6.45, 7) is 6.31. The minimum atomic E-state index is -0.417. The zero-order valence-corrected chi connectivity index (χ0v) is 17.4. The molecular weight excluding hydrogens is 372 g/mol. The predicted octanol–water partition coefficient (Wildman–Crippen LogP) is 4.36. The van der Waals surface area contributed by atoms with Crippen LogP contribution in [0.25, 0.3) is 11.6 Å². The van der Waals surface area contributed by atoms with Gasteiger partial charge in [0.2, 0.25) is 5.75 Å². The Balaban J connectivity index is 2.53. The summed E-state index contributed by atoms with van der Waals surface area (Å²) < 4.78 is 26.5. The minimum Gasteiger partial charge on any atom is -0.497 e. The molecule has 0 fully saturated rings. The fraction of sp³-hybridized carbons (Fsp3) is 0.261. The van der Waals surface area contributed by atoms with Crippen LogP contribution in [0.3, 0.4) is 0 Å². The van der Waals surface area contributed by atoms with Gasteiger partial charge in [0, 0.05) is 6.08 Å². The van der Waals surface area contributed by atoms with E-state index >= 15 is 0 Å². The van der Waals surface area contributed by atoms with Crippen LogP contribution < -0.4 is 18.9 Å². The molecule has 6 heteroatoms. The quantitative estimate of drug-likeness (QED) is 0.462. The molecule has 2 rings (SSSR count). The molecule has 0 saturated carbocycles. The van der Waals surface area contributed by atoms with Gasteiger partial charge < -0.3 is 23.7 Å². The van der Waals surface area contributed by atoms with E-state index in [0.29, 0.717) is 29.6 Å². The van der Waals surface area contributed by atoms with E-state index in [1.807, 2.05) is 30.3 Å². The highest BCUT2D eigenvalue weighted by Crippen LogP contribution is 2.41. The molecule has 0 atom stereocenters. The third-order valence-corrected chi connectivity index (χ3v) is 4.28. The molecule has 0 amide bonds. The second-order valence-electron chi connectivity index (χ2n) is 5.93. The monoisotopic (exact) mass is 398 g/mol. The van der Waals surface area contributed by atoms with Crippen LogP contribution >= 0.6 is 0 Å². The van der Waals surface area contributed by atoms with E-state index in [2.05, 4.69) is 6.58 Å². The van der Waals surface area contributed by atoms with Crippen molar-refractivity contribution in [2.45, 2.75) is 6.92 Å². The van der Waals surface area contributed by atoms with Gasteiger partial charge in [-0.2, -0.15) is 0 Å². The normalized spacial score (nSPS) is 10.5. The summed E-state index contributed by atoms with van der Waals surface area (Å²) in [6.07, 6.45) is 3.06. The molecule has 0 saturated heterocycles. The Morgan fingerprint density at radius 1 is 0.966 bits per heavy atom. The first kappa shape index (κ1) is 21.9. The van der Waals surface area contributed by atoms with Crippen LogP contribution in [-0.4, -0.2) is 41.0 Å². The maximum atomic E-state index is 11.7. The molecule has 2 aromatic rings. The molecule has 6 nitrogen and oxygen atoms in total. The van der Waals surface area contributed by atoms with Crippen molar-refractivity contribution in [3.05, 3.63) is 59.7 Å². The number of carbonyl (C=O) groups is 1. The van der Waals surface area contributed by atoms with Crippen molar-refractivity contribution in [2.75, 3.05) is 35.0 Å². The summed E-state index contributed by atoms with van der Waals surface area (Å²) in [7, 11) is 6.26. The lowest BCUT2D eigenvalue weighted by Crippen LogP contribution is -2.00. The van der Waals surface area contributed by atoms with Gasteiger partial charge in [0.15, 0.2) is 11.5 Å². The summed E-state index contributed by atoms with van der Waals surface area (Å²) >= 11 is 0. The van der Waals surface area contributed by atoms with Crippen molar-refractivity contribution in [1.82, 2.24) is 0 Å². The number of esters is 1. The van der Waals surface area contributed by atoms with Crippen LogP contribution in [0.1, 0.15) is 23.6 Å². The summed E-state index contributed by atoms with van der Waals surface area (Å²) in [5.41, 5.74) is 3.09. The number of hydrogen-bond donors (Lipinski definition) is 0. The topological polar surface area (TPSA) is 63.2 Å². The van der Waals surface area contributed by atoms with Crippen molar-refractivity contribution < 1.29 is 28.5 Å². The Kier molecular flexibility index (Phi) is 7.71. The summed E-state index contributed by atoms with van der Waals surface area (Å²) in [5, 5.41) is 0. The van der Waals surface area contributed by atoms with Crippen molar-refractivity contribution in [1.29, 1.82) is 0 Å². The average Bonchev–Trinajstić information content (AvgIpc) is 2.75. The van der Waals surface area contributed by atoms with E-state index < -0.39 is 5.97 Å². The van der Waals surface area contributed by atoms with Crippen LogP contribution in [0.5, 0.6) is 23.0 Å². The molecule has 154 valence electrons. The second-order valence-corrected chi connectivity index (χ2v) is 5.93. The summed E-state index contributed by atoms with van der Waals surface area (Å²) in [6, 6.07) is 9.20. The second kappa shape index (κ2) is 10.2. The summed E-state index contributed by atoms with van der Waals surface area (Å²) in [5.74, 6) is 1.80. The molecular formula is C23H26O6. The third kappa shape index (κ3) is 5.10. The summed E-state index contributed by atoms with van der Waals surface area (Å²) in [4.78, 5) is 11.7. The number of hydrogen-bond acceptors (Lipinski definition) is 6. The molecule has 0 heterocycles. The minimum absolute atomic E-state index is 0.312. The lowest BCUT2D eigenvalue weighted by molar-refractivity contribution is -0.137. The van der Waals surface area contributed by atoms with E-state index in [1.165, 1.54) is 6.08 Å². The Bertz CT molecular complexity index is 889. The Labute approximate surface area is 171 Å². The zero-order valence-electron chi connectivity index (χ0n) is 17.4. The molecule has 0 aliphatic rings. The molecule has 2 aromatic carbocycles. The highest BCUT2D eigenvalue weighted by Gasteiger charge is 2.16. The van der Waals surface area contributed by atoms with Crippen molar-refractivity contribution in [3.63, 3.8) is 0 Å². The van der Waals surface area contributed by atoms with Crippen molar-refractivity contribution >= 4 is 17.6 Å². The van der Waals surface area contributed by atoms with Crippen molar-refractivity contribution in [2.24, 2.45) is 0 Å². The van der Waals surface area contributed by atoms with Gasteiger partial charge in [-0.15, -0.1) is 0 Å². The van der Waals surface area contributed by atoms with E-state index in [1.54, 1.807) is 41.4 Å². The fourth-order valence-corrected chi connectivity index (χ4v) is 2.84. The smallest absolute Gasteiger partial charge is 0.330 e. The number of benzene rings is 2. The maximum absolute atomic E-state index is 11.7. The molecule has 0 radical (unpaired) electrons. The number of methoxy groups -OCH3 is 4. The van der Waals surface area contributed by atoms with Crippen LogP contribution in [0.15, 0.2) is 43.0 Å². The van der Waals surface area contributed by atoms with Crippen LogP contribution in [-0.2, 0) is 9.53 Å². The van der Waals surface area contributed by atoms with E-state index in [0.717, 1.165) is 22.3 Å². The highest BCUT2D eigenvalue weighted by atomic mass is 16.5. The molecule has 29 heavy (non-hydrogen) atoms. The molecule has 0 aliphatic carbocycles. The first-order valence-corrected chi connectivity index (χ1v) is 9.01. The number of rotatable bonds is 9. The Morgan fingerprint density at radius 3 is 2.14 bits per heavy atom. The largest absolute Gasteiger partial charge is 0.497 e. The molecule has 0 spiro atoms. The first-order valence-electron chi connectivity index (χ1n) is 9.01. The fourth-order valence-electron chi connectivity index (χ4n) is 2.84. The van der Waals surface area contributed by atoms with Crippen LogP contribution in [0, 0.1) is 0 Å². The number of carbonyl (C=O) groups excluding carboxylic acids is 1. The predicted molar refractivity (Wildman–Crippen MR) is 113 cm³/mol. The van der Waals surface area contributed by atoms with Gasteiger partial charge >= 0.3 is 5.97 Å². The standard InChI is InChI=1S/C23H26O6/c1-7-29-22(24)11-8-16-12-18(25-3)9-10-19(16)15(2)17-13-20(26-4)23(28-6)21(14-17)27-5/h8-14H,2,7H2,1,3-6H3/b11-8+. The van der Waals surface area contributed by atoms with Crippen LogP contribution in [0.2, 0.25) is 0 Å². The van der Waals surface area contributed by atoms with Gasteiger partial charge in [-0.1, -0.05) is 12.6 Å². The average molecular weight is 398 g/mol. The molecule has 0 unspecified atom stereocenters. The van der Waals surface area contributed by atoms with Gasteiger partial charge in [-0.3, -0.25) is 0 Å². The third-order valence-electron chi connectivity index (χ3n) is 4.28. The van der Waals surface area contributed by atoms with E-state index in [-0.39, 0.29) is 0 Å². The lowest BCUT2D eigenvalue weighted by Gasteiger charge is -2.17. The van der Waals surface area contributed by atoms with Gasteiger partial charge in [0.25, 0.3) is 0 Å². The molecule has 0 N–H and O–H groups in total. The van der Waals surface area contributed by atoms with Gasteiger partial charge in [-0.05, 0) is 59.5 Å². The number of ether oxygens (including phenoxy) is 5.